The maximum Gasteiger partial charge on any atom is 0.412 e. The average Bonchev–Trinajstić information content (AvgIpc) is 2.64. The van der Waals surface area contributed by atoms with Gasteiger partial charge in [-0.25, -0.2) is 9.48 Å². The SMILES string of the molecule is CCCCOC(=O)Nc1cn(CC(=O)O)nn1. The number of ether oxygens (including phenoxy) is 1. The molecule has 0 atom stereocenters. The molecule has 1 heterocycles. The summed E-state index contributed by atoms with van der Waals surface area (Å²) in [6.45, 7) is 2.02. The van der Waals surface area contributed by atoms with E-state index in [2.05, 4.69) is 15.6 Å². The van der Waals surface area contributed by atoms with E-state index in [1.807, 2.05) is 6.92 Å². The molecule has 1 aromatic heterocycles. The van der Waals surface area contributed by atoms with Gasteiger partial charge in [0.25, 0.3) is 0 Å². The lowest BCUT2D eigenvalue weighted by Gasteiger charge is -2.02. The van der Waals surface area contributed by atoms with Crippen molar-refractivity contribution in [3.63, 3.8) is 0 Å². The van der Waals surface area contributed by atoms with Gasteiger partial charge in [0.15, 0.2) is 5.82 Å². The van der Waals surface area contributed by atoms with Crippen LogP contribution in [0.15, 0.2) is 6.20 Å². The summed E-state index contributed by atoms with van der Waals surface area (Å²) >= 11 is 0. The molecule has 0 aliphatic heterocycles. The maximum atomic E-state index is 11.2. The minimum Gasteiger partial charge on any atom is -0.480 e. The minimum atomic E-state index is -1.04. The Labute approximate surface area is 97.6 Å². The van der Waals surface area contributed by atoms with Crippen LogP contribution in [0.4, 0.5) is 10.6 Å². The van der Waals surface area contributed by atoms with E-state index in [4.69, 9.17) is 9.84 Å². The highest BCUT2D eigenvalue weighted by Gasteiger charge is 2.08. The van der Waals surface area contributed by atoms with Crippen molar-refractivity contribution in [2.24, 2.45) is 0 Å². The summed E-state index contributed by atoms with van der Waals surface area (Å²) in [6, 6.07) is 0. The van der Waals surface area contributed by atoms with Crippen molar-refractivity contribution < 1.29 is 19.4 Å². The summed E-state index contributed by atoms with van der Waals surface area (Å²) in [6.07, 6.45) is 2.41. The van der Waals surface area contributed by atoms with Gasteiger partial charge >= 0.3 is 12.1 Å². The summed E-state index contributed by atoms with van der Waals surface area (Å²) in [5.41, 5.74) is 0. The molecule has 1 amide bonds. The number of carbonyl (C=O) groups is 2. The van der Waals surface area contributed by atoms with Crippen LogP contribution in [0.5, 0.6) is 0 Å². The van der Waals surface area contributed by atoms with Crippen LogP contribution < -0.4 is 5.32 Å². The van der Waals surface area contributed by atoms with E-state index in [-0.39, 0.29) is 12.4 Å². The number of hydrogen-bond acceptors (Lipinski definition) is 5. The number of hydrogen-bond donors (Lipinski definition) is 2. The number of aromatic nitrogens is 3. The van der Waals surface area contributed by atoms with E-state index < -0.39 is 12.1 Å². The Morgan fingerprint density at radius 1 is 1.59 bits per heavy atom. The van der Waals surface area contributed by atoms with Gasteiger partial charge in [-0.1, -0.05) is 18.6 Å². The molecule has 0 spiro atoms. The Kier molecular flexibility index (Phi) is 4.92. The summed E-state index contributed by atoms with van der Waals surface area (Å²) in [4.78, 5) is 21.6. The number of unbranched alkanes of at least 4 members (excludes halogenated alkanes) is 1. The van der Waals surface area contributed by atoms with Crippen molar-refractivity contribution in [1.82, 2.24) is 15.0 Å². The lowest BCUT2D eigenvalue weighted by Crippen LogP contribution is -2.14. The Hall–Kier alpha value is -2.12. The van der Waals surface area contributed by atoms with Crippen LogP contribution in [-0.2, 0) is 16.1 Å². The zero-order chi connectivity index (χ0) is 12.7. The number of nitrogens with one attached hydrogen (secondary N) is 1. The Bertz CT molecular complexity index is 390. The average molecular weight is 242 g/mol. The monoisotopic (exact) mass is 242 g/mol. The standard InChI is InChI=1S/C9H14N4O4/c1-2-3-4-17-9(16)10-7-5-13(12-11-7)6-8(14)15/h5H,2-4,6H2,1H3,(H,10,16)(H,14,15). The molecule has 0 fully saturated rings. The van der Waals surface area contributed by atoms with Gasteiger partial charge < -0.3 is 9.84 Å². The number of carboxylic acid groups (broad SMARTS) is 1. The van der Waals surface area contributed by atoms with Gasteiger partial charge in [0.2, 0.25) is 0 Å². The molecule has 1 rings (SSSR count). The van der Waals surface area contributed by atoms with Crippen molar-refractivity contribution in [2.75, 3.05) is 11.9 Å². The van der Waals surface area contributed by atoms with Gasteiger partial charge in [-0.2, -0.15) is 0 Å². The van der Waals surface area contributed by atoms with E-state index in [1.54, 1.807) is 0 Å². The van der Waals surface area contributed by atoms with Crippen LogP contribution in [-0.4, -0.2) is 38.8 Å². The van der Waals surface area contributed by atoms with Gasteiger partial charge in [0.1, 0.15) is 6.54 Å². The van der Waals surface area contributed by atoms with Crippen LogP contribution in [0.25, 0.3) is 0 Å². The summed E-state index contributed by atoms with van der Waals surface area (Å²) in [5.74, 6) is -0.875. The number of rotatable bonds is 6. The molecule has 1 aromatic rings. The molecule has 0 saturated heterocycles. The molecular weight excluding hydrogens is 228 g/mol. The van der Waals surface area contributed by atoms with Crippen molar-refractivity contribution in [3.05, 3.63) is 6.20 Å². The minimum absolute atomic E-state index is 0.160. The highest BCUT2D eigenvalue weighted by atomic mass is 16.5. The fraction of sp³-hybridized carbons (Fsp3) is 0.556. The van der Waals surface area contributed by atoms with E-state index in [9.17, 15) is 9.59 Å². The lowest BCUT2D eigenvalue weighted by molar-refractivity contribution is -0.137. The molecule has 0 aliphatic rings. The molecule has 8 heteroatoms. The van der Waals surface area contributed by atoms with Crippen LogP contribution in [0.1, 0.15) is 19.8 Å². The largest absolute Gasteiger partial charge is 0.480 e. The van der Waals surface area contributed by atoms with Crippen LogP contribution in [0.2, 0.25) is 0 Å². The lowest BCUT2D eigenvalue weighted by atomic mass is 10.4. The smallest absolute Gasteiger partial charge is 0.412 e. The number of amides is 1. The third-order valence-corrected chi connectivity index (χ3v) is 1.80. The van der Waals surface area contributed by atoms with Crippen LogP contribution >= 0.6 is 0 Å². The molecular formula is C9H14N4O4. The van der Waals surface area contributed by atoms with Gasteiger partial charge in [0, 0.05) is 0 Å². The van der Waals surface area contributed by atoms with Crippen molar-refractivity contribution >= 4 is 17.9 Å². The summed E-state index contributed by atoms with van der Waals surface area (Å²) < 4.78 is 5.93. The van der Waals surface area contributed by atoms with Crippen LogP contribution in [0, 0.1) is 0 Å². The molecule has 0 radical (unpaired) electrons. The third-order valence-electron chi connectivity index (χ3n) is 1.80. The Morgan fingerprint density at radius 2 is 2.35 bits per heavy atom. The molecule has 0 aromatic carbocycles. The second-order valence-electron chi connectivity index (χ2n) is 3.31. The van der Waals surface area contributed by atoms with Gasteiger partial charge in [0.05, 0.1) is 12.8 Å². The van der Waals surface area contributed by atoms with Crippen molar-refractivity contribution in [1.29, 1.82) is 0 Å². The number of carboxylic acids is 1. The molecule has 0 bridgehead atoms. The van der Waals surface area contributed by atoms with E-state index >= 15 is 0 Å². The Morgan fingerprint density at radius 3 is 3.00 bits per heavy atom. The molecule has 94 valence electrons. The predicted octanol–water partition coefficient (Wildman–Crippen LogP) is 0.711. The highest BCUT2D eigenvalue weighted by Crippen LogP contribution is 2.01. The predicted molar refractivity (Wildman–Crippen MR) is 57.5 cm³/mol. The fourth-order valence-electron chi connectivity index (χ4n) is 1.02. The second-order valence-corrected chi connectivity index (χ2v) is 3.31. The van der Waals surface area contributed by atoms with Crippen LogP contribution in [0.3, 0.4) is 0 Å². The number of carbonyl (C=O) groups excluding carboxylic acids is 1. The first-order chi connectivity index (χ1) is 8.11. The van der Waals surface area contributed by atoms with E-state index in [0.29, 0.717) is 6.61 Å². The van der Waals surface area contributed by atoms with Gasteiger partial charge in [-0.3, -0.25) is 10.1 Å². The number of aliphatic carboxylic acids is 1. The fourth-order valence-corrected chi connectivity index (χ4v) is 1.02. The Balaban J connectivity index is 2.38. The number of anilines is 1. The van der Waals surface area contributed by atoms with Gasteiger partial charge in [-0.15, -0.1) is 5.10 Å². The van der Waals surface area contributed by atoms with Crippen molar-refractivity contribution in [3.8, 4) is 0 Å². The van der Waals surface area contributed by atoms with Gasteiger partial charge in [-0.05, 0) is 6.42 Å². The summed E-state index contributed by atoms with van der Waals surface area (Å²) in [7, 11) is 0. The molecule has 2 N–H and O–H groups in total. The molecule has 0 saturated carbocycles. The zero-order valence-electron chi connectivity index (χ0n) is 9.42. The highest BCUT2D eigenvalue weighted by molar-refractivity contribution is 5.82. The summed E-state index contributed by atoms with van der Waals surface area (Å²) in [5, 5.41) is 17.9. The second kappa shape index (κ2) is 6.46. The molecule has 8 nitrogen and oxygen atoms in total. The molecule has 0 unspecified atom stereocenters. The molecule has 17 heavy (non-hydrogen) atoms. The first kappa shape index (κ1) is 12.9. The quantitative estimate of drug-likeness (QED) is 0.711. The van der Waals surface area contributed by atoms with Crippen molar-refractivity contribution in [2.45, 2.75) is 26.3 Å². The normalized spacial score (nSPS) is 9.94. The van der Waals surface area contributed by atoms with E-state index in [1.165, 1.54) is 6.20 Å². The van der Waals surface area contributed by atoms with E-state index in [0.717, 1.165) is 17.5 Å². The first-order valence-corrected chi connectivity index (χ1v) is 5.17. The topological polar surface area (TPSA) is 106 Å². The third kappa shape index (κ3) is 4.96. The maximum absolute atomic E-state index is 11.2. The first-order valence-electron chi connectivity index (χ1n) is 5.17. The number of nitrogens with zero attached hydrogens (tertiary/aromatic N) is 3. The molecule has 0 aliphatic carbocycles. The zero-order valence-corrected chi connectivity index (χ0v) is 9.42.